The molecule has 0 spiro atoms. The fourth-order valence-electron chi connectivity index (χ4n) is 3.66. The minimum absolute atomic E-state index is 0.130. The van der Waals surface area contributed by atoms with Gasteiger partial charge in [-0.2, -0.15) is 0 Å². The predicted molar refractivity (Wildman–Crippen MR) is 93.7 cm³/mol. The number of nitrogens with one attached hydrogen (secondary N) is 1. The predicted octanol–water partition coefficient (Wildman–Crippen LogP) is 1.25. The van der Waals surface area contributed by atoms with Crippen LogP contribution in [0.1, 0.15) is 46.0 Å². The molecule has 2 rings (SSSR count). The number of rotatable bonds is 7. The van der Waals surface area contributed by atoms with Crippen LogP contribution >= 0.6 is 0 Å². The van der Waals surface area contributed by atoms with E-state index in [9.17, 15) is 9.59 Å². The molecule has 0 aromatic rings. The molecule has 1 saturated carbocycles. The summed E-state index contributed by atoms with van der Waals surface area (Å²) in [6.45, 7) is 8.75. The monoisotopic (exact) mass is 339 g/mol. The van der Waals surface area contributed by atoms with E-state index in [1.165, 1.54) is 12.8 Å². The standard InChI is InChI=1S/C18H33N3O3/c1-3-24-12-7-18(23)21-10-8-20(9-11-21)14-17(22)19-16-6-4-5-15(2)13-16/h15-16H,3-14H2,1-2H3,(H,19,22). The Balaban J connectivity index is 1.63. The number of hydrogen-bond donors (Lipinski definition) is 1. The number of ether oxygens (including phenoxy) is 1. The third-order valence-corrected chi connectivity index (χ3v) is 5.06. The molecule has 6 heteroatoms. The summed E-state index contributed by atoms with van der Waals surface area (Å²) in [5.41, 5.74) is 0. The molecular weight excluding hydrogens is 306 g/mol. The molecule has 1 aliphatic heterocycles. The molecule has 0 aromatic heterocycles. The topological polar surface area (TPSA) is 61.9 Å². The van der Waals surface area contributed by atoms with Crippen LogP contribution in [-0.4, -0.2) is 73.6 Å². The first-order chi connectivity index (χ1) is 11.6. The summed E-state index contributed by atoms with van der Waals surface area (Å²) in [5.74, 6) is 1.00. The van der Waals surface area contributed by atoms with Crippen LogP contribution < -0.4 is 5.32 Å². The van der Waals surface area contributed by atoms with Gasteiger partial charge in [-0.05, 0) is 25.7 Å². The van der Waals surface area contributed by atoms with E-state index < -0.39 is 0 Å². The molecule has 0 bridgehead atoms. The van der Waals surface area contributed by atoms with E-state index in [0.717, 1.165) is 31.8 Å². The van der Waals surface area contributed by atoms with Gasteiger partial charge in [0.25, 0.3) is 0 Å². The van der Waals surface area contributed by atoms with Gasteiger partial charge in [0.05, 0.1) is 19.6 Å². The zero-order valence-corrected chi connectivity index (χ0v) is 15.3. The van der Waals surface area contributed by atoms with Crippen LogP contribution in [0.4, 0.5) is 0 Å². The molecule has 1 aliphatic carbocycles. The Hall–Kier alpha value is -1.14. The number of hydrogen-bond acceptors (Lipinski definition) is 4. The second-order valence-electron chi connectivity index (χ2n) is 7.14. The van der Waals surface area contributed by atoms with Gasteiger partial charge >= 0.3 is 0 Å². The van der Waals surface area contributed by atoms with Crippen LogP contribution in [0.3, 0.4) is 0 Å². The maximum atomic E-state index is 12.2. The zero-order valence-electron chi connectivity index (χ0n) is 15.3. The van der Waals surface area contributed by atoms with Gasteiger partial charge in [0.15, 0.2) is 0 Å². The van der Waals surface area contributed by atoms with E-state index in [1.807, 2.05) is 11.8 Å². The lowest BCUT2D eigenvalue weighted by Gasteiger charge is -2.35. The highest BCUT2D eigenvalue weighted by Crippen LogP contribution is 2.23. The number of amides is 2. The molecule has 6 nitrogen and oxygen atoms in total. The van der Waals surface area contributed by atoms with E-state index in [-0.39, 0.29) is 11.8 Å². The highest BCUT2D eigenvalue weighted by atomic mass is 16.5. The van der Waals surface area contributed by atoms with E-state index in [1.54, 1.807) is 0 Å². The van der Waals surface area contributed by atoms with Gasteiger partial charge in [-0.15, -0.1) is 0 Å². The van der Waals surface area contributed by atoms with E-state index in [4.69, 9.17) is 4.74 Å². The Bertz CT molecular complexity index is 408. The number of carbonyl (C=O) groups excluding carboxylic acids is 2. The average Bonchev–Trinajstić information content (AvgIpc) is 2.55. The van der Waals surface area contributed by atoms with Gasteiger partial charge < -0.3 is 15.0 Å². The normalized spacial score (nSPS) is 25.5. The van der Waals surface area contributed by atoms with Crippen LogP contribution in [0.15, 0.2) is 0 Å². The Morgan fingerprint density at radius 1 is 1.17 bits per heavy atom. The largest absolute Gasteiger partial charge is 0.381 e. The van der Waals surface area contributed by atoms with Crippen molar-refractivity contribution < 1.29 is 14.3 Å². The molecule has 1 saturated heterocycles. The quantitative estimate of drug-likeness (QED) is 0.709. The summed E-state index contributed by atoms with van der Waals surface area (Å²) in [4.78, 5) is 28.3. The molecule has 0 radical (unpaired) electrons. The van der Waals surface area contributed by atoms with Gasteiger partial charge in [0.2, 0.25) is 11.8 Å². The highest BCUT2D eigenvalue weighted by molar-refractivity contribution is 5.78. The lowest BCUT2D eigenvalue weighted by molar-refractivity contribution is -0.134. The Morgan fingerprint density at radius 3 is 2.58 bits per heavy atom. The van der Waals surface area contributed by atoms with E-state index in [0.29, 0.717) is 45.3 Å². The van der Waals surface area contributed by atoms with E-state index in [2.05, 4.69) is 17.1 Å². The maximum Gasteiger partial charge on any atom is 0.234 e. The SMILES string of the molecule is CCOCCC(=O)N1CCN(CC(=O)NC2CCCC(C)C2)CC1. The lowest BCUT2D eigenvalue weighted by Crippen LogP contribution is -2.52. The summed E-state index contributed by atoms with van der Waals surface area (Å²) in [5, 5.41) is 3.19. The first-order valence-electron chi connectivity index (χ1n) is 9.45. The van der Waals surface area contributed by atoms with Crippen LogP contribution in [0.25, 0.3) is 0 Å². The highest BCUT2D eigenvalue weighted by Gasteiger charge is 2.24. The molecule has 1 heterocycles. The molecule has 2 unspecified atom stereocenters. The van der Waals surface area contributed by atoms with Crippen molar-refractivity contribution in [1.29, 1.82) is 0 Å². The molecule has 2 fully saturated rings. The Morgan fingerprint density at radius 2 is 1.92 bits per heavy atom. The average molecular weight is 339 g/mol. The maximum absolute atomic E-state index is 12.2. The number of carbonyl (C=O) groups is 2. The molecule has 24 heavy (non-hydrogen) atoms. The van der Waals surface area contributed by atoms with Crippen molar-refractivity contribution in [2.75, 3.05) is 45.9 Å². The molecule has 2 aliphatic rings. The van der Waals surface area contributed by atoms with Gasteiger partial charge in [-0.3, -0.25) is 14.5 Å². The summed E-state index contributed by atoms with van der Waals surface area (Å²) < 4.78 is 5.24. The summed E-state index contributed by atoms with van der Waals surface area (Å²) >= 11 is 0. The second-order valence-corrected chi connectivity index (χ2v) is 7.14. The smallest absolute Gasteiger partial charge is 0.234 e. The first-order valence-corrected chi connectivity index (χ1v) is 9.45. The number of nitrogens with zero attached hydrogens (tertiary/aromatic N) is 2. The second kappa shape index (κ2) is 9.99. The van der Waals surface area contributed by atoms with Gasteiger partial charge in [-0.25, -0.2) is 0 Å². The van der Waals surface area contributed by atoms with Gasteiger partial charge in [0.1, 0.15) is 0 Å². The van der Waals surface area contributed by atoms with Gasteiger partial charge in [-0.1, -0.05) is 19.8 Å². The Kier molecular flexibility index (Phi) is 7.99. The fraction of sp³-hybridized carbons (Fsp3) is 0.889. The molecule has 2 amide bonds. The van der Waals surface area contributed by atoms with Crippen LogP contribution in [0.2, 0.25) is 0 Å². The van der Waals surface area contributed by atoms with Crippen molar-refractivity contribution in [2.24, 2.45) is 5.92 Å². The summed E-state index contributed by atoms with van der Waals surface area (Å²) in [6.07, 6.45) is 5.17. The third-order valence-electron chi connectivity index (χ3n) is 5.06. The molecule has 2 atom stereocenters. The first kappa shape index (κ1) is 19.2. The summed E-state index contributed by atoms with van der Waals surface area (Å²) in [7, 11) is 0. The lowest BCUT2D eigenvalue weighted by atomic mass is 9.87. The summed E-state index contributed by atoms with van der Waals surface area (Å²) in [6, 6.07) is 0.350. The van der Waals surface area contributed by atoms with Crippen LogP contribution in [0.5, 0.6) is 0 Å². The van der Waals surface area contributed by atoms with Crippen molar-refractivity contribution >= 4 is 11.8 Å². The van der Waals surface area contributed by atoms with Crippen molar-refractivity contribution in [3.8, 4) is 0 Å². The van der Waals surface area contributed by atoms with Crippen molar-refractivity contribution in [3.63, 3.8) is 0 Å². The van der Waals surface area contributed by atoms with Gasteiger partial charge in [0, 0.05) is 38.8 Å². The zero-order chi connectivity index (χ0) is 17.4. The molecule has 0 aromatic carbocycles. The van der Waals surface area contributed by atoms with Crippen LogP contribution in [-0.2, 0) is 14.3 Å². The van der Waals surface area contributed by atoms with Crippen molar-refractivity contribution in [3.05, 3.63) is 0 Å². The van der Waals surface area contributed by atoms with E-state index >= 15 is 0 Å². The molecule has 138 valence electrons. The molecule has 1 N–H and O–H groups in total. The minimum atomic E-state index is 0.130. The van der Waals surface area contributed by atoms with Crippen molar-refractivity contribution in [2.45, 2.75) is 52.0 Å². The number of piperazine rings is 1. The molecular formula is C18H33N3O3. The minimum Gasteiger partial charge on any atom is -0.381 e. The Labute approximate surface area is 145 Å². The van der Waals surface area contributed by atoms with Crippen LogP contribution in [0, 0.1) is 5.92 Å². The third kappa shape index (κ3) is 6.40. The fourth-order valence-corrected chi connectivity index (χ4v) is 3.66. The van der Waals surface area contributed by atoms with Crippen molar-refractivity contribution in [1.82, 2.24) is 15.1 Å².